The highest BCUT2D eigenvalue weighted by Crippen LogP contribution is 2.59. The molecule has 0 bridgehead atoms. The third kappa shape index (κ3) is 6.88. The Morgan fingerprint density at radius 3 is 2.41 bits per heavy atom. The summed E-state index contributed by atoms with van der Waals surface area (Å²) in [6, 6.07) is 6.36. The number of hydrogen-bond donors (Lipinski definition) is 2. The molecule has 3 rings (SSSR count). The first kappa shape index (κ1) is 28.6. The van der Waals surface area contributed by atoms with E-state index in [1.54, 1.807) is 24.3 Å². The van der Waals surface area contributed by atoms with E-state index in [-0.39, 0.29) is 18.6 Å². The molecule has 0 amide bonds. The van der Waals surface area contributed by atoms with Crippen LogP contribution in [0, 0.1) is 0 Å². The zero-order valence-corrected chi connectivity index (χ0v) is 22.1. The molecule has 0 saturated carbocycles. The molecule has 2 aromatic rings. The summed E-state index contributed by atoms with van der Waals surface area (Å²) in [6.07, 6.45) is -1.54. The van der Waals surface area contributed by atoms with E-state index in [1.807, 2.05) is 0 Å². The zero-order valence-electron chi connectivity index (χ0n) is 20.5. The number of nitrogens with one attached hydrogen (secondary N) is 2. The van der Waals surface area contributed by atoms with E-state index in [9.17, 15) is 23.7 Å². The summed E-state index contributed by atoms with van der Waals surface area (Å²) in [7, 11) is -1.67. The molecule has 1 aromatic carbocycles. The number of rotatable bonds is 10. The summed E-state index contributed by atoms with van der Waals surface area (Å²) >= 11 is 5.94. The number of ether oxygens (including phenoxy) is 3. The molecule has 1 aromatic heterocycles. The Hall–Kier alpha value is -2.96. The highest BCUT2D eigenvalue weighted by Gasteiger charge is 2.42. The van der Waals surface area contributed by atoms with Crippen molar-refractivity contribution in [3.05, 3.63) is 61.9 Å². The number of nitrogens with zero attached hydrogens (tertiary/aromatic N) is 1. The molecule has 4 atom stereocenters. The van der Waals surface area contributed by atoms with Crippen LogP contribution in [0.15, 0.2) is 40.1 Å². The predicted octanol–water partition coefficient (Wildman–Crippen LogP) is 2.57. The highest BCUT2D eigenvalue weighted by atomic mass is 35.5. The van der Waals surface area contributed by atoms with E-state index in [0.29, 0.717) is 10.7 Å². The van der Waals surface area contributed by atoms with Crippen LogP contribution in [0.4, 0.5) is 5.69 Å². The number of esters is 2. The molecule has 1 saturated heterocycles. The van der Waals surface area contributed by atoms with Crippen LogP contribution in [0.1, 0.15) is 37.8 Å². The maximum atomic E-state index is 13.5. The van der Waals surface area contributed by atoms with Crippen molar-refractivity contribution < 1.29 is 37.4 Å². The molecule has 1 fully saturated rings. The Balaban J connectivity index is 2.03. The van der Waals surface area contributed by atoms with Crippen molar-refractivity contribution in [2.75, 3.05) is 26.1 Å². The molecule has 2 N–H and O–H groups in total. The second-order valence-electron chi connectivity index (χ2n) is 8.03. The van der Waals surface area contributed by atoms with Gasteiger partial charge in [-0.25, -0.2) is 4.79 Å². The first-order valence-corrected chi connectivity index (χ1v) is 13.0. The third-order valence-corrected chi connectivity index (χ3v) is 7.83. The van der Waals surface area contributed by atoms with Gasteiger partial charge in [0.15, 0.2) is 5.78 Å². The van der Waals surface area contributed by atoms with Gasteiger partial charge in [0.2, 0.25) is 0 Å². The quantitative estimate of drug-likeness (QED) is 0.324. The number of carbonyl (C=O) groups is 2. The number of H-pyrrole nitrogens is 1. The van der Waals surface area contributed by atoms with Crippen molar-refractivity contribution in [3.63, 3.8) is 0 Å². The summed E-state index contributed by atoms with van der Waals surface area (Å²) in [5.41, 5.74) is -1.39. The molecule has 1 unspecified atom stereocenters. The third-order valence-electron chi connectivity index (χ3n) is 5.52. The van der Waals surface area contributed by atoms with E-state index in [0.717, 1.165) is 18.8 Å². The summed E-state index contributed by atoms with van der Waals surface area (Å²) in [5.74, 6) is -2.50. The SMILES string of the molecule is COP(=O)(OC)C(Nc1ccc(Cl)cc1)c1cn([C@H]2C[C@H](OC(C)=O)[C@@H](COC(C)=O)O2)c(=O)[nH]c1=O. The molecule has 0 radical (unpaired) electrons. The largest absolute Gasteiger partial charge is 0.463 e. The van der Waals surface area contributed by atoms with Gasteiger partial charge in [-0.15, -0.1) is 0 Å². The summed E-state index contributed by atoms with van der Waals surface area (Å²) in [5, 5.41) is 3.40. The Bertz CT molecular complexity index is 1290. The van der Waals surface area contributed by atoms with Crippen LogP contribution in [-0.2, 0) is 37.4 Å². The zero-order chi connectivity index (χ0) is 27.3. The molecule has 202 valence electrons. The number of halogens is 1. The highest BCUT2D eigenvalue weighted by molar-refractivity contribution is 7.54. The Morgan fingerprint density at radius 2 is 1.84 bits per heavy atom. The molecular weight excluding hydrogens is 533 g/mol. The molecule has 0 spiro atoms. The minimum Gasteiger partial charge on any atom is -0.463 e. The van der Waals surface area contributed by atoms with E-state index in [2.05, 4.69) is 10.3 Å². The number of anilines is 1. The van der Waals surface area contributed by atoms with Crippen molar-refractivity contribution in [3.8, 4) is 0 Å². The van der Waals surface area contributed by atoms with Crippen LogP contribution in [-0.4, -0.2) is 54.5 Å². The van der Waals surface area contributed by atoms with Crippen molar-refractivity contribution >= 4 is 36.8 Å². The molecular formula is C22H27ClN3O10P. The van der Waals surface area contributed by atoms with Crippen LogP contribution in [0.3, 0.4) is 0 Å². The number of carbonyl (C=O) groups excluding carboxylic acids is 2. The molecule has 15 heteroatoms. The van der Waals surface area contributed by atoms with Gasteiger partial charge < -0.3 is 28.6 Å². The average Bonchev–Trinajstić information content (AvgIpc) is 3.23. The van der Waals surface area contributed by atoms with E-state index in [4.69, 9.17) is 34.9 Å². The number of hydrogen-bond acceptors (Lipinski definition) is 11. The Kier molecular flexibility index (Phi) is 9.32. The van der Waals surface area contributed by atoms with Gasteiger partial charge in [0.05, 0.1) is 5.56 Å². The van der Waals surface area contributed by atoms with Gasteiger partial charge >= 0.3 is 25.2 Å². The summed E-state index contributed by atoms with van der Waals surface area (Å²) in [6.45, 7) is 2.20. The minimum atomic E-state index is -4.00. The Labute approximate surface area is 216 Å². The van der Waals surface area contributed by atoms with Crippen molar-refractivity contribution in [1.29, 1.82) is 0 Å². The van der Waals surface area contributed by atoms with Gasteiger partial charge in [-0.2, -0.15) is 0 Å². The first-order chi connectivity index (χ1) is 17.5. The topological polar surface area (TPSA) is 164 Å². The normalized spacial score (nSPS) is 20.3. The second kappa shape index (κ2) is 12.1. The molecule has 37 heavy (non-hydrogen) atoms. The maximum absolute atomic E-state index is 13.5. The first-order valence-electron chi connectivity index (χ1n) is 11.0. The van der Waals surface area contributed by atoms with E-state index in [1.165, 1.54) is 20.0 Å². The van der Waals surface area contributed by atoms with Gasteiger partial charge in [-0.05, 0) is 24.3 Å². The van der Waals surface area contributed by atoms with Crippen LogP contribution in [0.25, 0.3) is 0 Å². The summed E-state index contributed by atoms with van der Waals surface area (Å²) in [4.78, 5) is 50.7. The number of benzene rings is 1. The lowest BCUT2D eigenvalue weighted by Gasteiger charge is -2.26. The fourth-order valence-electron chi connectivity index (χ4n) is 3.78. The van der Waals surface area contributed by atoms with Crippen LogP contribution in [0.5, 0.6) is 0 Å². The van der Waals surface area contributed by atoms with Crippen LogP contribution < -0.4 is 16.6 Å². The van der Waals surface area contributed by atoms with Gasteiger partial charge in [-0.3, -0.25) is 28.5 Å². The lowest BCUT2D eigenvalue weighted by atomic mass is 10.2. The van der Waals surface area contributed by atoms with Gasteiger partial charge in [0.25, 0.3) is 5.56 Å². The number of aromatic nitrogens is 2. The fraction of sp³-hybridized carbons (Fsp3) is 0.455. The van der Waals surface area contributed by atoms with Crippen molar-refractivity contribution in [2.45, 2.75) is 44.5 Å². The minimum absolute atomic E-state index is 0.0123. The molecule has 13 nitrogen and oxygen atoms in total. The predicted molar refractivity (Wildman–Crippen MR) is 131 cm³/mol. The molecule has 2 heterocycles. The monoisotopic (exact) mass is 559 g/mol. The molecule has 1 aliphatic heterocycles. The van der Waals surface area contributed by atoms with Crippen molar-refractivity contribution in [1.82, 2.24) is 9.55 Å². The summed E-state index contributed by atoms with van der Waals surface area (Å²) < 4.78 is 40.9. The van der Waals surface area contributed by atoms with Crippen LogP contribution in [0.2, 0.25) is 5.02 Å². The second-order valence-corrected chi connectivity index (χ2v) is 10.8. The van der Waals surface area contributed by atoms with Gasteiger partial charge in [0.1, 0.15) is 25.0 Å². The van der Waals surface area contributed by atoms with Gasteiger partial charge in [-0.1, -0.05) is 11.6 Å². The molecule has 1 aliphatic rings. The smallest absolute Gasteiger partial charge is 0.356 e. The van der Waals surface area contributed by atoms with Crippen LogP contribution >= 0.6 is 19.2 Å². The van der Waals surface area contributed by atoms with E-state index >= 15 is 0 Å². The standard InChI is InChI=1S/C22H27ClN3O10P/c1-12(27)34-11-18-17(35-13(2)28)9-19(36-18)26-10-16(20(29)25-22(26)30)21(37(31,32-3)33-4)24-15-7-5-14(23)6-8-15/h5-8,10,17-19,21,24H,9,11H2,1-4H3,(H,25,29,30)/t17-,18+,19+,21?/m0/s1. The fourth-order valence-corrected chi connectivity index (χ4v) is 5.31. The molecule has 0 aliphatic carbocycles. The average molecular weight is 560 g/mol. The van der Waals surface area contributed by atoms with E-state index < -0.39 is 55.0 Å². The van der Waals surface area contributed by atoms with Crippen molar-refractivity contribution in [2.24, 2.45) is 0 Å². The number of aromatic amines is 1. The lowest BCUT2D eigenvalue weighted by molar-refractivity contribution is -0.155. The maximum Gasteiger partial charge on any atom is 0.356 e. The lowest BCUT2D eigenvalue weighted by Crippen LogP contribution is -2.36. The Morgan fingerprint density at radius 1 is 1.19 bits per heavy atom. The van der Waals surface area contributed by atoms with Gasteiger partial charge in [0, 0.05) is 51.4 Å².